The fourth-order valence-corrected chi connectivity index (χ4v) is 1.89. The number of rotatable bonds is 6. The smallest absolute Gasteiger partial charge is 0.241 e. The number of amides is 1. The topological polar surface area (TPSA) is 49.6 Å². The summed E-state index contributed by atoms with van der Waals surface area (Å²) in [6, 6.07) is 4.52. The second kappa shape index (κ2) is 7.09. The van der Waals surface area contributed by atoms with Gasteiger partial charge < -0.3 is 15.5 Å². The van der Waals surface area contributed by atoms with Crippen LogP contribution in [0.25, 0.3) is 0 Å². The number of nitrogens with zero attached hydrogens (tertiary/aromatic N) is 2. The van der Waals surface area contributed by atoms with Gasteiger partial charge in [-0.1, -0.05) is 6.92 Å². The molecule has 0 saturated heterocycles. The summed E-state index contributed by atoms with van der Waals surface area (Å²) in [4.78, 5) is 15.3. The van der Waals surface area contributed by atoms with E-state index < -0.39 is 0 Å². The van der Waals surface area contributed by atoms with Gasteiger partial charge in [0, 0.05) is 32.9 Å². The summed E-state index contributed by atoms with van der Waals surface area (Å²) >= 11 is 0. The summed E-state index contributed by atoms with van der Waals surface area (Å²) in [5, 5.41) is 0. The van der Waals surface area contributed by atoms with E-state index in [1.807, 2.05) is 11.8 Å². The SMILES string of the molecule is CCCN(CC(=O)N(C)C)c1ccc(F)cc1CN. The molecule has 0 bridgehead atoms. The normalized spacial score (nSPS) is 10.4. The lowest BCUT2D eigenvalue weighted by atomic mass is 10.1. The number of halogens is 1. The molecule has 1 aromatic rings. The van der Waals surface area contributed by atoms with Crippen LogP contribution in [0.1, 0.15) is 18.9 Å². The predicted octanol–water partition coefficient (Wildman–Crippen LogP) is 1.59. The van der Waals surface area contributed by atoms with E-state index in [4.69, 9.17) is 5.73 Å². The highest BCUT2D eigenvalue weighted by Gasteiger charge is 2.15. The van der Waals surface area contributed by atoms with Gasteiger partial charge in [-0.3, -0.25) is 4.79 Å². The molecule has 0 saturated carbocycles. The summed E-state index contributed by atoms with van der Waals surface area (Å²) in [6.45, 7) is 3.31. The molecular formula is C14H22FN3O. The third-order valence-corrected chi connectivity index (χ3v) is 2.92. The van der Waals surface area contributed by atoms with E-state index in [1.54, 1.807) is 25.1 Å². The number of likely N-dealkylation sites (N-methyl/N-ethyl adjacent to an activating group) is 1. The Morgan fingerprint density at radius 1 is 1.37 bits per heavy atom. The Morgan fingerprint density at radius 3 is 2.58 bits per heavy atom. The Balaban J connectivity index is 3.01. The number of hydrogen-bond acceptors (Lipinski definition) is 3. The minimum absolute atomic E-state index is 0.0146. The van der Waals surface area contributed by atoms with Crippen LogP contribution in [0.5, 0.6) is 0 Å². The molecule has 106 valence electrons. The van der Waals surface area contributed by atoms with Gasteiger partial charge in [0.15, 0.2) is 0 Å². The van der Waals surface area contributed by atoms with Gasteiger partial charge in [-0.05, 0) is 30.2 Å². The monoisotopic (exact) mass is 267 g/mol. The number of carbonyl (C=O) groups excluding carboxylic acids is 1. The van der Waals surface area contributed by atoms with Crippen molar-refractivity contribution in [2.75, 3.05) is 32.1 Å². The Kier molecular flexibility index (Phi) is 5.76. The summed E-state index contributed by atoms with van der Waals surface area (Å²) in [6.07, 6.45) is 0.905. The third kappa shape index (κ3) is 4.21. The van der Waals surface area contributed by atoms with E-state index in [0.29, 0.717) is 0 Å². The first-order valence-electron chi connectivity index (χ1n) is 6.43. The zero-order valence-electron chi connectivity index (χ0n) is 11.8. The first-order valence-corrected chi connectivity index (χ1v) is 6.43. The van der Waals surface area contributed by atoms with E-state index in [0.717, 1.165) is 24.2 Å². The molecule has 2 N–H and O–H groups in total. The van der Waals surface area contributed by atoms with E-state index in [9.17, 15) is 9.18 Å². The second-order valence-electron chi connectivity index (χ2n) is 4.69. The van der Waals surface area contributed by atoms with Crippen molar-refractivity contribution in [1.82, 2.24) is 4.90 Å². The zero-order chi connectivity index (χ0) is 14.4. The van der Waals surface area contributed by atoms with Gasteiger partial charge in [0.05, 0.1) is 6.54 Å². The summed E-state index contributed by atoms with van der Waals surface area (Å²) in [5.41, 5.74) is 7.21. The van der Waals surface area contributed by atoms with Crippen LogP contribution in [-0.2, 0) is 11.3 Å². The highest BCUT2D eigenvalue weighted by Crippen LogP contribution is 2.21. The molecule has 0 aromatic heterocycles. The van der Waals surface area contributed by atoms with Gasteiger partial charge in [0.2, 0.25) is 5.91 Å². The van der Waals surface area contributed by atoms with Crippen molar-refractivity contribution < 1.29 is 9.18 Å². The van der Waals surface area contributed by atoms with Gasteiger partial charge in [-0.15, -0.1) is 0 Å². The van der Waals surface area contributed by atoms with Crippen molar-refractivity contribution in [2.45, 2.75) is 19.9 Å². The maximum atomic E-state index is 13.2. The molecule has 4 nitrogen and oxygen atoms in total. The lowest BCUT2D eigenvalue weighted by Crippen LogP contribution is -2.37. The molecule has 0 spiro atoms. The first-order chi connectivity index (χ1) is 8.99. The van der Waals surface area contributed by atoms with Gasteiger partial charge in [0.25, 0.3) is 0 Å². The van der Waals surface area contributed by atoms with Gasteiger partial charge >= 0.3 is 0 Å². The minimum Gasteiger partial charge on any atom is -0.362 e. The van der Waals surface area contributed by atoms with Gasteiger partial charge in [-0.2, -0.15) is 0 Å². The zero-order valence-corrected chi connectivity index (χ0v) is 11.8. The molecule has 1 rings (SSSR count). The molecule has 0 atom stereocenters. The lowest BCUT2D eigenvalue weighted by molar-refractivity contribution is -0.127. The molecule has 0 aliphatic heterocycles. The van der Waals surface area contributed by atoms with Crippen LogP contribution in [0.15, 0.2) is 18.2 Å². The van der Waals surface area contributed by atoms with E-state index >= 15 is 0 Å². The van der Waals surface area contributed by atoms with Crippen LogP contribution in [0.3, 0.4) is 0 Å². The highest BCUT2D eigenvalue weighted by atomic mass is 19.1. The minimum atomic E-state index is -0.306. The van der Waals surface area contributed by atoms with E-state index in [2.05, 4.69) is 0 Å². The maximum Gasteiger partial charge on any atom is 0.241 e. The quantitative estimate of drug-likeness (QED) is 0.851. The predicted molar refractivity (Wildman–Crippen MR) is 75.5 cm³/mol. The number of nitrogens with two attached hydrogens (primary N) is 1. The van der Waals surface area contributed by atoms with Crippen LogP contribution in [0.4, 0.5) is 10.1 Å². The maximum absolute atomic E-state index is 13.2. The van der Waals surface area contributed by atoms with Crippen molar-refractivity contribution in [3.8, 4) is 0 Å². The average molecular weight is 267 g/mol. The molecule has 0 unspecified atom stereocenters. The number of benzene rings is 1. The van der Waals surface area contributed by atoms with Gasteiger partial charge in [-0.25, -0.2) is 4.39 Å². The molecule has 0 aliphatic rings. The molecule has 0 heterocycles. The average Bonchev–Trinajstić information content (AvgIpc) is 2.37. The van der Waals surface area contributed by atoms with Crippen LogP contribution < -0.4 is 10.6 Å². The van der Waals surface area contributed by atoms with Crippen LogP contribution in [0, 0.1) is 5.82 Å². The first kappa shape index (κ1) is 15.4. The Labute approximate surface area is 114 Å². The molecule has 5 heteroatoms. The van der Waals surface area contributed by atoms with Crippen molar-refractivity contribution in [3.63, 3.8) is 0 Å². The second-order valence-corrected chi connectivity index (χ2v) is 4.69. The lowest BCUT2D eigenvalue weighted by Gasteiger charge is -2.27. The molecule has 1 amide bonds. The Morgan fingerprint density at radius 2 is 2.05 bits per heavy atom. The fraction of sp³-hybridized carbons (Fsp3) is 0.500. The van der Waals surface area contributed by atoms with Crippen molar-refractivity contribution >= 4 is 11.6 Å². The fourth-order valence-electron chi connectivity index (χ4n) is 1.89. The summed E-state index contributed by atoms with van der Waals surface area (Å²) < 4.78 is 13.2. The van der Waals surface area contributed by atoms with Crippen molar-refractivity contribution in [2.24, 2.45) is 5.73 Å². The molecule has 0 fully saturated rings. The number of carbonyl (C=O) groups is 1. The van der Waals surface area contributed by atoms with Crippen molar-refractivity contribution in [3.05, 3.63) is 29.6 Å². The van der Waals surface area contributed by atoms with Gasteiger partial charge in [0.1, 0.15) is 5.82 Å². The molecule has 1 aromatic carbocycles. The highest BCUT2D eigenvalue weighted by molar-refractivity contribution is 5.81. The summed E-state index contributed by atoms with van der Waals surface area (Å²) in [5.74, 6) is -0.291. The van der Waals surface area contributed by atoms with Crippen LogP contribution in [0.2, 0.25) is 0 Å². The van der Waals surface area contributed by atoms with E-state index in [-0.39, 0.29) is 24.8 Å². The van der Waals surface area contributed by atoms with Crippen LogP contribution in [-0.4, -0.2) is 38.0 Å². The Hall–Kier alpha value is -1.62. The standard InChI is InChI=1S/C14H22FN3O/c1-4-7-18(10-14(19)17(2)3)13-6-5-12(15)8-11(13)9-16/h5-6,8H,4,7,9-10,16H2,1-3H3. The number of hydrogen-bond donors (Lipinski definition) is 1. The molecular weight excluding hydrogens is 245 g/mol. The summed E-state index contributed by atoms with van der Waals surface area (Å²) in [7, 11) is 3.45. The Bertz CT molecular complexity index is 435. The molecule has 0 aliphatic carbocycles. The largest absolute Gasteiger partial charge is 0.362 e. The third-order valence-electron chi connectivity index (χ3n) is 2.92. The number of anilines is 1. The molecule has 0 radical (unpaired) electrons. The van der Waals surface area contributed by atoms with E-state index in [1.165, 1.54) is 12.1 Å². The van der Waals surface area contributed by atoms with Crippen LogP contribution >= 0.6 is 0 Å². The molecule has 19 heavy (non-hydrogen) atoms. The van der Waals surface area contributed by atoms with Crippen molar-refractivity contribution in [1.29, 1.82) is 0 Å².